The van der Waals surface area contributed by atoms with Crippen LogP contribution in [-0.2, 0) is 0 Å². The fraction of sp³-hybridized carbons (Fsp3) is 0. The number of halogens is 2. The van der Waals surface area contributed by atoms with E-state index >= 15 is 0 Å². The molecule has 0 bridgehead atoms. The van der Waals surface area contributed by atoms with Crippen LogP contribution in [0.15, 0.2) is 53.1 Å². The molecule has 118 valence electrons. The summed E-state index contributed by atoms with van der Waals surface area (Å²) >= 11 is 11.8. The summed E-state index contributed by atoms with van der Waals surface area (Å²) in [4.78, 5) is 12.2. The van der Waals surface area contributed by atoms with E-state index in [1.54, 1.807) is 42.5 Å². The van der Waals surface area contributed by atoms with Crippen LogP contribution in [0.3, 0.4) is 0 Å². The van der Waals surface area contributed by atoms with Crippen molar-refractivity contribution >= 4 is 34.8 Å². The first-order valence-corrected chi connectivity index (χ1v) is 7.56. The highest BCUT2D eigenvalue weighted by Crippen LogP contribution is 2.29. The third-order valence-corrected chi connectivity index (χ3v) is 3.96. The second kappa shape index (κ2) is 6.75. The van der Waals surface area contributed by atoms with Crippen LogP contribution in [0.1, 0.15) is 16.1 Å². The van der Waals surface area contributed by atoms with E-state index in [0.717, 1.165) is 0 Å². The molecule has 0 aliphatic carbocycles. The van der Waals surface area contributed by atoms with E-state index in [1.165, 1.54) is 6.07 Å². The van der Waals surface area contributed by atoms with Crippen molar-refractivity contribution in [3.63, 3.8) is 0 Å². The Morgan fingerprint density at radius 1 is 1.08 bits per heavy atom. The zero-order chi connectivity index (χ0) is 17.1. The number of amides is 1. The van der Waals surface area contributed by atoms with Gasteiger partial charge in [0, 0.05) is 17.3 Å². The van der Waals surface area contributed by atoms with Gasteiger partial charge in [-0.05, 0) is 42.5 Å². The molecule has 1 heterocycles. The molecule has 0 saturated heterocycles. The minimum absolute atomic E-state index is 0.125. The zero-order valence-corrected chi connectivity index (χ0v) is 13.6. The molecule has 0 aliphatic rings. The van der Waals surface area contributed by atoms with Gasteiger partial charge in [0.25, 0.3) is 5.91 Å². The van der Waals surface area contributed by atoms with Gasteiger partial charge >= 0.3 is 0 Å². The summed E-state index contributed by atoms with van der Waals surface area (Å²) in [7, 11) is 0. The van der Waals surface area contributed by atoms with Crippen molar-refractivity contribution in [2.24, 2.45) is 0 Å². The Morgan fingerprint density at radius 2 is 1.83 bits per heavy atom. The first kappa shape index (κ1) is 16.1. The molecule has 0 saturated carbocycles. The van der Waals surface area contributed by atoms with Gasteiger partial charge in [-0.15, -0.1) is 0 Å². The molecule has 2 aromatic carbocycles. The maximum atomic E-state index is 12.2. The van der Waals surface area contributed by atoms with Crippen LogP contribution in [0.5, 0.6) is 0 Å². The second-order valence-electron chi connectivity index (χ2n) is 4.85. The lowest BCUT2D eigenvalue weighted by Crippen LogP contribution is -2.12. The van der Waals surface area contributed by atoms with Crippen molar-refractivity contribution in [1.82, 2.24) is 5.16 Å². The Hall–Kier alpha value is -2.81. The van der Waals surface area contributed by atoms with Crippen LogP contribution in [0, 0.1) is 11.3 Å². The number of rotatable bonds is 3. The maximum Gasteiger partial charge on any atom is 0.277 e. The Morgan fingerprint density at radius 3 is 2.50 bits per heavy atom. The van der Waals surface area contributed by atoms with Crippen LogP contribution in [0.4, 0.5) is 5.69 Å². The topological polar surface area (TPSA) is 78.9 Å². The lowest BCUT2D eigenvalue weighted by atomic mass is 10.1. The van der Waals surface area contributed by atoms with Gasteiger partial charge in [-0.2, -0.15) is 5.26 Å². The average molecular weight is 358 g/mol. The number of hydrogen-bond donors (Lipinski definition) is 1. The molecular weight excluding hydrogens is 349 g/mol. The van der Waals surface area contributed by atoms with Crippen molar-refractivity contribution in [1.29, 1.82) is 5.26 Å². The molecule has 3 rings (SSSR count). The van der Waals surface area contributed by atoms with E-state index in [2.05, 4.69) is 10.5 Å². The monoisotopic (exact) mass is 357 g/mol. The summed E-state index contributed by atoms with van der Waals surface area (Å²) < 4.78 is 5.19. The summed E-state index contributed by atoms with van der Waals surface area (Å²) in [6.07, 6.45) is 0. The first-order valence-electron chi connectivity index (χ1n) is 6.80. The average Bonchev–Trinajstić information content (AvgIpc) is 3.08. The summed E-state index contributed by atoms with van der Waals surface area (Å²) in [5.41, 5.74) is 1.85. The van der Waals surface area contributed by atoms with E-state index in [1.807, 2.05) is 6.07 Å². The molecule has 24 heavy (non-hydrogen) atoms. The third-order valence-electron chi connectivity index (χ3n) is 3.22. The van der Waals surface area contributed by atoms with Gasteiger partial charge in [0.1, 0.15) is 0 Å². The van der Waals surface area contributed by atoms with Crippen molar-refractivity contribution in [2.75, 3.05) is 5.32 Å². The van der Waals surface area contributed by atoms with Gasteiger partial charge < -0.3 is 9.84 Å². The number of nitrogens with zero attached hydrogens (tertiary/aromatic N) is 2. The Balaban J connectivity index is 1.77. The molecule has 5 nitrogen and oxygen atoms in total. The highest BCUT2D eigenvalue weighted by molar-refractivity contribution is 6.42. The van der Waals surface area contributed by atoms with Gasteiger partial charge in [0.05, 0.1) is 21.7 Å². The van der Waals surface area contributed by atoms with Crippen LogP contribution in [0.2, 0.25) is 10.0 Å². The van der Waals surface area contributed by atoms with Crippen molar-refractivity contribution in [3.05, 3.63) is 69.8 Å². The van der Waals surface area contributed by atoms with Crippen LogP contribution >= 0.6 is 23.2 Å². The highest BCUT2D eigenvalue weighted by Gasteiger charge is 2.14. The van der Waals surface area contributed by atoms with E-state index < -0.39 is 5.91 Å². The molecule has 0 fully saturated rings. The van der Waals surface area contributed by atoms with Gasteiger partial charge in [0.2, 0.25) is 0 Å². The van der Waals surface area contributed by atoms with Crippen molar-refractivity contribution in [3.8, 4) is 17.4 Å². The number of anilines is 1. The normalized spacial score (nSPS) is 10.2. The van der Waals surface area contributed by atoms with Crippen LogP contribution in [0.25, 0.3) is 11.3 Å². The Bertz CT molecular complexity index is 943. The molecule has 0 aliphatic heterocycles. The third kappa shape index (κ3) is 3.40. The predicted molar refractivity (Wildman–Crippen MR) is 91.1 cm³/mol. The number of nitriles is 1. The van der Waals surface area contributed by atoms with Gasteiger partial charge in [-0.25, -0.2) is 0 Å². The molecule has 3 aromatic rings. The minimum Gasteiger partial charge on any atom is -0.355 e. The molecule has 0 unspecified atom stereocenters. The van der Waals surface area contributed by atoms with Crippen LogP contribution in [-0.4, -0.2) is 11.1 Å². The number of carbonyl (C=O) groups is 1. The van der Waals surface area contributed by atoms with Gasteiger partial charge in [-0.3, -0.25) is 4.79 Å². The number of aromatic nitrogens is 1. The number of carbonyl (C=O) groups excluding carboxylic acids is 1. The van der Waals surface area contributed by atoms with E-state index in [-0.39, 0.29) is 5.69 Å². The largest absolute Gasteiger partial charge is 0.355 e. The van der Waals surface area contributed by atoms with Crippen molar-refractivity contribution < 1.29 is 9.32 Å². The fourth-order valence-electron chi connectivity index (χ4n) is 1.99. The number of benzene rings is 2. The molecule has 0 atom stereocenters. The zero-order valence-electron chi connectivity index (χ0n) is 12.1. The molecule has 0 radical (unpaired) electrons. The summed E-state index contributed by atoms with van der Waals surface area (Å²) in [6, 6.07) is 15.0. The summed E-state index contributed by atoms with van der Waals surface area (Å²) in [6.45, 7) is 0. The summed E-state index contributed by atoms with van der Waals surface area (Å²) in [5.74, 6) is -0.0201. The minimum atomic E-state index is -0.422. The van der Waals surface area contributed by atoms with E-state index in [9.17, 15) is 4.79 Å². The smallest absolute Gasteiger partial charge is 0.277 e. The molecule has 0 spiro atoms. The first-order chi connectivity index (χ1) is 11.6. The Labute approximate surface area is 147 Å². The maximum absolute atomic E-state index is 12.2. The van der Waals surface area contributed by atoms with Crippen LogP contribution < -0.4 is 5.32 Å². The molecular formula is C17H9Cl2N3O2. The SMILES string of the molecule is N#Cc1ccc(NC(=O)c2cc(-c3ccc(Cl)c(Cl)c3)on2)cc1. The number of nitrogens with one attached hydrogen (secondary N) is 1. The van der Waals surface area contributed by atoms with Crippen molar-refractivity contribution in [2.45, 2.75) is 0 Å². The highest BCUT2D eigenvalue weighted by atomic mass is 35.5. The standard InChI is InChI=1S/C17H9Cl2N3O2/c18-13-6-3-11(7-14(13)19)16-8-15(22-24-16)17(23)21-12-4-1-10(9-20)2-5-12/h1-8H,(H,21,23). The molecule has 1 aromatic heterocycles. The lowest BCUT2D eigenvalue weighted by molar-refractivity contribution is 0.101. The quantitative estimate of drug-likeness (QED) is 0.731. The molecule has 1 N–H and O–H groups in total. The molecule has 1 amide bonds. The second-order valence-corrected chi connectivity index (χ2v) is 5.66. The lowest BCUT2D eigenvalue weighted by Gasteiger charge is -2.01. The Kier molecular flexibility index (Phi) is 4.52. The fourth-order valence-corrected chi connectivity index (χ4v) is 2.29. The predicted octanol–water partition coefficient (Wildman–Crippen LogP) is 4.77. The van der Waals surface area contributed by atoms with Gasteiger partial charge in [0.15, 0.2) is 11.5 Å². The van der Waals surface area contributed by atoms with Gasteiger partial charge in [-0.1, -0.05) is 28.4 Å². The summed E-state index contributed by atoms with van der Waals surface area (Å²) in [5, 5.41) is 16.0. The number of hydrogen-bond acceptors (Lipinski definition) is 4. The van der Waals surface area contributed by atoms with E-state index in [4.69, 9.17) is 33.0 Å². The van der Waals surface area contributed by atoms with E-state index in [0.29, 0.717) is 32.6 Å². The molecule has 7 heteroatoms.